The lowest BCUT2D eigenvalue weighted by atomic mass is 10.2. The van der Waals surface area contributed by atoms with Crippen LogP contribution in [0, 0.1) is 0 Å². The molecule has 0 unspecified atom stereocenters. The van der Waals surface area contributed by atoms with E-state index in [2.05, 4.69) is 10.2 Å². The first kappa shape index (κ1) is 18.5. The average Bonchev–Trinajstić information content (AvgIpc) is 3.12. The summed E-state index contributed by atoms with van der Waals surface area (Å²) in [6, 6.07) is 9.07. The number of hydrogen-bond acceptors (Lipinski definition) is 6. The molecule has 0 radical (unpaired) electrons. The minimum absolute atomic E-state index is 0.0385. The van der Waals surface area contributed by atoms with Crippen molar-refractivity contribution in [2.45, 2.75) is 25.5 Å². The number of piperazine rings is 1. The molecule has 1 aromatic carbocycles. The van der Waals surface area contributed by atoms with Crippen LogP contribution in [0.25, 0.3) is 0 Å². The highest BCUT2D eigenvalue weighted by Crippen LogP contribution is 2.17. The van der Waals surface area contributed by atoms with Crippen LogP contribution in [-0.4, -0.2) is 59.9 Å². The Morgan fingerprint density at radius 2 is 1.77 bits per heavy atom. The van der Waals surface area contributed by atoms with Crippen molar-refractivity contribution in [1.29, 1.82) is 0 Å². The monoisotopic (exact) mass is 378 g/mol. The fraction of sp³-hybridized carbons (Fsp3) is 0.471. The van der Waals surface area contributed by atoms with Crippen LogP contribution < -0.4 is 0 Å². The first-order chi connectivity index (χ1) is 12.4. The molecule has 2 aromatic rings. The zero-order valence-electron chi connectivity index (χ0n) is 14.8. The predicted octanol–water partition coefficient (Wildman–Crippen LogP) is 1.48. The van der Waals surface area contributed by atoms with Crippen LogP contribution >= 0.6 is 0 Å². The Labute approximate surface area is 152 Å². The molecule has 0 N–H and O–H groups in total. The number of carbonyl (C=O) groups excluding carboxylic acids is 1. The fourth-order valence-corrected chi connectivity index (χ4v) is 4.25. The Hall–Kier alpha value is -2.26. The SMILES string of the molecule is CC(C)c1nnc(C(=O)N2CCN(S(=O)(=O)Cc3ccccc3)CC2)o1. The van der Waals surface area contributed by atoms with Gasteiger partial charge in [0.2, 0.25) is 15.9 Å². The molecule has 9 heteroatoms. The molecule has 0 atom stereocenters. The van der Waals surface area contributed by atoms with Gasteiger partial charge in [-0.05, 0) is 5.56 Å². The van der Waals surface area contributed by atoms with Gasteiger partial charge < -0.3 is 9.32 Å². The van der Waals surface area contributed by atoms with E-state index in [1.807, 2.05) is 32.0 Å². The molecule has 0 spiro atoms. The molecule has 1 aromatic heterocycles. The van der Waals surface area contributed by atoms with E-state index in [-0.39, 0.29) is 36.6 Å². The van der Waals surface area contributed by atoms with Crippen LogP contribution in [0.5, 0.6) is 0 Å². The summed E-state index contributed by atoms with van der Waals surface area (Å²) < 4.78 is 31.9. The molecule has 1 saturated heterocycles. The Morgan fingerprint density at radius 1 is 1.12 bits per heavy atom. The first-order valence-corrected chi connectivity index (χ1v) is 10.1. The van der Waals surface area contributed by atoms with Gasteiger partial charge in [0.1, 0.15) is 0 Å². The maximum atomic E-state index is 12.6. The van der Waals surface area contributed by atoms with Gasteiger partial charge in [0, 0.05) is 32.1 Å². The van der Waals surface area contributed by atoms with Gasteiger partial charge >= 0.3 is 11.8 Å². The van der Waals surface area contributed by atoms with E-state index < -0.39 is 10.0 Å². The quantitative estimate of drug-likeness (QED) is 0.782. The summed E-state index contributed by atoms with van der Waals surface area (Å²) in [4.78, 5) is 14.0. The van der Waals surface area contributed by atoms with Gasteiger partial charge in [-0.2, -0.15) is 4.31 Å². The van der Waals surface area contributed by atoms with Crippen LogP contribution in [0.15, 0.2) is 34.7 Å². The predicted molar refractivity (Wildman–Crippen MR) is 94.9 cm³/mol. The number of aromatic nitrogens is 2. The second-order valence-electron chi connectivity index (χ2n) is 6.53. The molecular formula is C17H22N4O4S. The van der Waals surface area contributed by atoms with E-state index in [0.717, 1.165) is 5.56 Å². The average molecular weight is 378 g/mol. The van der Waals surface area contributed by atoms with Crippen LogP contribution in [-0.2, 0) is 15.8 Å². The molecule has 0 bridgehead atoms. The molecule has 140 valence electrons. The standard InChI is InChI=1S/C17H22N4O4S/c1-13(2)15-18-19-16(25-15)17(22)20-8-10-21(11-9-20)26(23,24)12-14-6-4-3-5-7-14/h3-7,13H,8-12H2,1-2H3. The minimum Gasteiger partial charge on any atom is -0.417 e. The van der Waals surface area contributed by atoms with Gasteiger partial charge in [0.25, 0.3) is 0 Å². The molecule has 1 aliphatic rings. The van der Waals surface area contributed by atoms with Gasteiger partial charge in [-0.15, -0.1) is 10.2 Å². The van der Waals surface area contributed by atoms with Crippen LogP contribution in [0.2, 0.25) is 0 Å². The Balaban J connectivity index is 1.60. The van der Waals surface area contributed by atoms with E-state index in [9.17, 15) is 13.2 Å². The van der Waals surface area contributed by atoms with Crippen LogP contribution in [0.1, 0.15) is 41.9 Å². The van der Waals surface area contributed by atoms with Gasteiger partial charge in [0.05, 0.1) is 5.75 Å². The van der Waals surface area contributed by atoms with Crippen molar-refractivity contribution in [2.75, 3.05) is 26.2 Å². The molecule has 0 saturated carbocycles. The smallest absolute Gasteiger partial charge is 0.311 e. The molecule has 0 aliphatic carbocycles. The van der Waals surface area contributed by atoms with Crippen molar-refractivity contribution in [3.8, 4) is 0 Å². The largest absolute Gasteiger partial charge is 0.417 e. The minimum atomic E-state index is -3.41. The number of sulfonamides is 1. The van der Waals surface area contributed by atoms with Crippen LogP contribution in [0.3, 0.4) is 0 Å². The molecule has 26 heavy (non-hydrogen) atoms. The molecule has 1 aliphatic heterocycles. The number of rotatable bonds is 5. The molecule has 8 nitrogen and oxygen atoms in total. The first-order valence-electron chi connectivity index (χ1n) is 8.51. The number of nitrogens with zero attached hydrogens (tertiary/aromatic N) is 4. The Kier molecular flexibility index (Phi) is 5.38. The normalized spacial score (nSPS) is 16.2. The third kappa shape index (κ3) is 4.10. The van der Waals surface area contributed by atoms with Crippen molar-refractivity contribution in [3.63, 3.8) is 0 Å². The van der Waals surface area contributed by atoms with Crippen molar-refractivity contribution in [2.24, 2.45) is 0 Å². The Bertz CT molecular complexity index is 856. The summed E-state index contributed by atoms with van der Waals surface area (Å²) in [5, 5.41) is 7.66. The Morgan fingerprint density at radius 3 is 2.35 bits per heavy atom. The van der Waals surface area contributed by atoms with Crippen molar-refractivity contribution in [1.82, 2.24) is 19.4 Å². The number of amides is 1. The van der Waals surface area contributed by atoms with Crippen molar-refractivity contribution < 1.29 is 17.6 Å². The van der Waals surface area contributed by atoms with E-state index in [1.54, 1.807) is 17.0 Å². The summed E-state index contributed by atoms with van der Waals surface area (Å²) >= 11 is 0. The molecule has 2 heterocycles. The summed E-state index contributed by atoms with van der Waals surface area (Å²) in [7, 11) is -3.41. The zero-order valence-corrected chi connectivity index (χ0v) is 15.6. The van der Waals surface area contributed by atoms with Gasteiger partial charge in [-0.3, -0.25) is 4.79 Å². The molecular weight excluding hydrogens is 356 g/mol. The lowest BCUT2D eigenvalue weighted by Gasteiger charge is -2.33. The second kappa shape index (κ2) is 7.55. The van der Waals surface area contributed by atoms with Crippen molar-refractivity contribution in [3.05, 3.63) is 47.7 Å². The van der Waals surface area contributed by atoms with E-state index in [1.165, 1.54) is 4.31 Å². The summed E-state index contributed by atoms with van der Waals surface area (Å²) in [6.45, 7) is 4.91. The van der Waals surface area contributed by atoms with Crippen LogP contribution in [0.4, 0.5) is 0 Å². The third-order valence-corrected chi connectivity index (χ3v) is 6.08. The highest BCUT2D eigenvalue weighted by molar-refractivity contribution is 7.88. The number of carbonyl (C=O) groups is 1. The summed E-state index contributed by atoms with van der Waals surface area (Å²) in [5.74, 6) is 0.0173. The van der Waals surface area contributed by atoms with E-state index in [4.69, 9.17) is 4.42 Å². The van der Waals surface area contributed by atoms with Gasteiger partial charge in [0.15, 0.2) is 0 Å². The van der Waals surface area contributed by atoms with Gasteiger partial charge in [-0.25, -0.2) is 8.42 Å². The van der Waals surface area contributed by atoms with Crippen molar-refractivity contribution >= 4 is 15.9 Å². The van der Waals surface area contributed by atoms with E-state index >= 15 is 0 Å². The number of benzene rings is 1. The highest BCUT2D eigenvalue weighted by Gasteiger charge is 2.31. The lowest BCUT2D eigenvalue weighted by Crippen LogP contribution is -2.50. The third-order valence-electron chi connectivity index (χ3n) is 4.23. The lowest BCUT2D eigenvalue weighted by molar-refractivity contribution is 0.0655. The maximum absolute atomic E-state index is 12.6. The molecule has 3 rings (SSSR count). The zero-order chi connectivity index (χ0) is 18.7. The maximum Gasteiger partial charge on any atom is 0.311 e. The van der Waals surface area contributed by atoms with Gasteiger partial charge in [-0.1, -0.05) is 44.2 Å². The second-order valence-corrected chi connectivity index (χ2v) is 8.50. The highest BCUT2D eigenvalue weighted by atomic mass is 32.2. The number of hydrogen-bond donors (Lipinski definition) is 0. The fourth-order valence-electron chi connectivity index (χ4n) is 2.74. The summed E-state index contributed by atoms with van der Waals surface area (Å²) in [5.41, 5.74) is 0.748. The van der Waals surface area contributed by atoms with E-state index in [0.29, 0.717) is 19.0 Å². The molecule has 1 fully saturated rings. The topological polar surface area (TPSA) is 96.6 Å². The summed E-state index contributed by atoms with van der Waals surface area (Å²) in [6.07, 6.45) is 0. The molecule has 1 amide bonds.